The number of rotatable bonds is 3. The number of nitrogens with one attached hydrogen (secondary N) is 2. The van der Waals surface area contributed by atoms with E-state index in [0.717, 1.165) is 44.6 Å². The molecule has 114 valence electrons. The molecular weight excluding hydrogens is 252 g/mol. The van der Waals surface area contributed by atoms with Crippen LogP contribution in [0.5, 0.6) is 0 Å². The lowest BCUT2D eigenvalue weighted by molar-refractivity contribution is -0.123. The maximum atomic E-state index is 12.3. The third-order valence-electron chi connectivity index (χ3n) is 5.56. The van der Waals surface area contributed by atoms with E-state index in [-0.39, 0.29) is 18.1 Å². The van der Waals surface area contributed by atoms with Gasteiger partial charge in [-0.3, -0.25) is 4.79 Å². The fraction of sp³-hybridized carbons (Fsp3) is 0.938. The highest BCUT2D eigenvalue weighted by molar-refractivity contribution is 5.82. The molecule has 4 nitrogen and oxygen atoms in total. The minimum atomic E-state index is -0.110. The molecule has 1 aliphatic heterocycles. The van der Waals surface area contributed by atoms with E-state index in [2.05, 4.69) is 10.6 Å². The Balaban J connectivity index is 1.41. The zero-order valence-electron chi connectivity index (χ0n) is 12.3. The highest BCUT2D eigenvalue weighted by Crippen LogP contribution is 2.33. The number of aliphatic hydroxyl groups is 1. The summed E-state index contributed by atoms with van der Waals surface area (Å²) in [7, 11) is 0. The molecule has 3 rings (SSSR count). The van der Waals surface area contributed by atoms with Gasteiger partial charge in [0.05, 0.1) is 12.1 Å². The molecule has 1 saturated heterocycles. The first kappa shape index (κ1) is 14.3. The summed E-state index contributed by atoms with van der Waals surface area (Å²) in [5.41, 5.74) is 0. The Morgan fingerprint density at radius 3 is 2.60 bits per heavy atom. The second-order valence-corrected chi connectivity index (χ2v) is 7.03. The molecule has 3 atom stereocenters. The SMILES string of the molecule is O=C(NCC1CCC(O)CC1)C1CC2CCCCC2N1. The van der Waals surface area contributed by atoms with Crippen LogP contribution < -0.4 is 10.6 Å². The summed E-state index contributed by atoms with van der Waals surface area (Å²) < 4.78 is 0. The first-order chi connectivity index (χ1) is 9.72. The summed E-state index contributed by atoms with van der Waals surface area (Å²) in [6, 6.07) is 0.626. The van der Waals surface area contributed by atoms with Crippen LogP contribution >= 0.6 is 0 Å². The fourth-order valence-corrected chi connectivity index (χ4v) is 4.24. The van der Waals surface area contributed by atoms with Crippen molar-refractivity contribution in [1.82, 2.24) is 10.6 Å². The van der Waals surface area contributed by atoms with Crippen molar-refractivity contribution < 1.29 is 9.90 Å². The highest BCUT2D eigenvalue weighted by Gasteiger charge is 2.38. The van der Waals surface area contributed by atoms with Gasteiger partial charge in [-0.15, -0.1) is 0 Å². The molecule has 3 unspecified atom stereocenters. The van der Waals surface area contributed by atoms with Gasteiger partial charge in [0, 0.05) is 12.6 Å². The molecule has 1 heterocycles. The van der Waals surface area contributed by atoms with Crippen LogP contribution in [0, 0.1) is 11.8 Å². The van der Waals surface area contributed by atoms with Crippen LogP contribution in [0.3, 0.4) is 0 Å². The van der Waals surface area contributed by atoms with Crippen molar-refractivity contribution in [2.45, 2.75) is 76.0 Å². The number of fused-ring (bicyclic) bond motifs is 1. The van der Waals surface area contributed by atoms with Gasteiger partial charge >= 0.3 is 0 Å². The van der Waals surface area contributed by atoms with Crippen LogP contribution in [-0.2, 0) is 4.79 Å². The van der Waals surface area contributed by atoms with Gasteiger partial charge in [0.25, 0.3) is 0 Å². The summed E-state index contributed by atoms with van der Waals surface area (Å²) in [4.78, 5) is 12.3. The van der Waals surface area contributed by atoms with Crippen molar-refractivity contribution in [3.8, 4) is 0 Å². The van der Waals surface area contributed by atoms with E-state index in [4.69, 9.17) is 0 Å². The Kier molecular flexibility index (Phi) is 4.61. The Morgan fingerprint density at radius 2 is 1.85 bits per heavy atom. The van der Waals surface area contributed by atoms with Crippen molar-refractivity contribution in [1.29, 1.82) is 0 Å². The van der Waals surface area contributed by atoms with Crippen LogP contribution in [0.25, 0.3) is 0 Å². The molecule has 2 aliphatic carbocycles. The van der Waals surface area contributed by atoms with Crippen LogP contribution in [0.4, 0.5) is 0 Å². The molecule has 4 heteroatoms. The fourth-order valence-electron chi connectivity index (χ4n) is 4.24. The molecule has 3 fully saturated rings. The molecular formula is C16H28N2O2. The molecule has 3 N–H and O–H groups in total. The lowest BCUT2D eigenvalue weighted by Crippen LogP contribution is -2.44. The van der Waals surface area contributed by atoms with E-state index in [9.17, 15) is 9.90 Å². The number of hydrogen-bond acceptors (Lipinski definition) is 3. The largest absolute Gasteiger partial charge is 0.393 e. The summed E-state index contributed by atoms with van der Waals surface area (Å²) in [5, 5.41) is 16.2. The molecule has 0 aromatic heterocycles. The predicted molar refractivity (Wildman–Crippen MR) is 78.3 cm³/mol. The molecule has 0 aromatic rings. The Labute approximate surface area is 121 Å². The Morgan fingerprint density at radius 1 is 1.10 bits per heavy atom. The lowest BCUT2D eigenvalue weighted by Gasteiger charge is -2.26. The average molecular weight is 280 g/mol. The summed E-state index contributed by atoms with van der Waals surface area (Å²) in [6.07, 6.45) is 9.99. The van der Waals surface area contributed by atoms with Crippen LogP contribution in [0.15, 0.2) is 0 Å². The van der Waals surface area contributed by atoms with Crippen molar-refractivity contribution in [3.05, 3.63) is 0 Å². The second kappa shape index (κ2) is 6.44. The van der Waals surface area contributed by atoms with Gasteiger partial charge in [-0.2, -0.15) is 0 Å². The van der Waals surface area contributed by atoms with Gasteiger partial charge in [-0.25, -0.2) is 0 Å². The number of hydrogen-bond donors (Lipinski definition) is 3. The van der Waals surface area contributed by atoms with Gasteiger partial charge in [-0.05, 0) is 56.8 Å². The Bertz CT molecular complexity index is 325. The quantitative estimate of drug-likeness (QED) is 0.735. The number of aliphatic hydroxyl groups excluding tert-OH is 1. The van der Waals surface area contributed by atoms with E-state index in [1.165, 1.54) is 25.7 Å². The summed E-state index contributed by atoms with van der Waals surface area (Å²) in [5.74, 6) is 1.49. The lowest BCUT2D eigenvalue weighted by atomic mass is 9.85. The van der Waals surface area contributed by atoms with Gasteiger partial charge in [0.2, 0.25) is 5.91 Å². The normalized spacial score (nSPS) is 41.1. The van der Waals surface area contributed by atoms with Crippen LogP contribution in [0.1, 0.15) is 57.8 Å². The topological polar surface area (TPSA) is 61.4 Å². The van der Waals surface area contributed by atoms with E-state index in [1.54, 1.807) is 0 Å². The molecule has 3 aliphatic rings. The zero-order valence-corrected chi connectivity index (χ0v) is 12.3. The first-order valence-corrected chi connectivity index (χ1v) is 8.44. The Hall–Kier alpha value is -0.610. The monoisotopic (exact) mass is 280 g/mol. The standard InChI is InChI=1S/C16H28N2O2/c19-13-7-5-11(6-8-13)10-17-16(20)15-9-12-3-1-2-4-14(12)18-15/h11-15,18-19H,1-10H2,(H,17,20). The zero-order chi connectivity index (χ0) is 13.9. The van der Waals surface area contributed by atoms with E-state index < -0.39 is 0 Å². The molecule has 1 amide bonds. The van der Waals surface area contributed by atoms with Crippen LogP contribution in [0.2, 0.25) is 0 Å². The predicted octanol–water partition coefficient (Wildman–Crippen LogP) is 1.57. The molecule has 0 aromatic carbocycles. The summed E-state index contributed by atoms with van der Waals surface area (Å²) >= 11 is 0. The minimum absolute atomic E-state index is 0.0391. The van der Waals surface area contributed by atoms with E-state index in [1.807, 2.05) is 0 Å². The molecule has 2 saturated carbocycles. The number of carbonyl (C=O) groups is 1. The maximum absolute atomic E-state index is 12.3. The minimum Gasteiger partial charge on any atom is -0.393 e. The average Bonchev–Trinajstić information content (AvgIpc) is 2.90. The van der Waals surface area contributed by atoms with Gasteiger partial charge in [0.15, 0.2) is 0 Å². The smallest absolute Gasteiger partial charge is 0.237 e. The third-order valence-corrected chi connectivity index (χ3v) is 5.56. The third kappa shape index (κ3) is 3.34. The highest BCUT2D eigenvalue weighted by atomic mass is 16.3. The van der Waals surface area contributed by atoms with Gasteiger partial charge in [-0.1, -0.05) is 12.8 Å². The van der Waals surface area contributed by atoms with Crippen molar-refractivity contribution in [2.75, 3.05) is 6.54 Å². The van der Waals surface area contributed by atoms with Crippen molar-refractivity contribution in [2.24, 2.45) is 11.8 Å². The van der Waals surface area contributed by atoms with Crippen molar-refractivity contribution >= 4 is 5.91 Å². The molecule has 20 heavy (non-hydrogen) atoms. The molecule has 0 bridgehead atoms. The maximum Gasteiger partial charge on any atom is 0.237 e. The van der Waals surface area contributed by atoms with Crippen LogP contribution in [-0.4, -0.2) is 35.7 Å². The van der Waals surface area contributed by atoms with E-state index >= 15 is 0 Å². The number of carbonyl (C=O) groups excluding carboxylic acids is 1. The second-order valence-electron chi connectivity index (χ2n) is 7.03. The number of amides is 1. The molecule has 0 spiro atoms. The van der Waals surface area contributed by atoms with Gasteiger partial charge in [0.1, 0.15) is 0 Å². The van der Waals surface area contributed by atoms with Gasteiger partial charge < -0.3 is 15.7 Å². The first-order valence-electron chi connectivity index (χ1n) is 8.44. The van der Waals surface area contributed by atoms with E-state index in [0.29, 0.717) is 12.0 Å². The summed E-state index contributed by atoms with van der Waals surface area (Å²) in [6.45, 7) is 0.791. The van der Waals surface area contributed by atoms with Crippen molar-refractivity contribution in [3.63, 3.8) is 0 Å². The molecule has 0 radical (unpaired) electrons.